The lowest BCUT2D eigenvalue weighted by molar-refractivity contribution is 0.147. The van der Waals surface area contributed by atoms with E-state index in [0.717, 1.165) is 29.8 Å². The first kappa shape index (κ1) is 11.3. The fraction of sp³-hybridized carbons (Fsp3) is 0.357. The summed E-state index contributed by atoms with van der Waals surface area (Å²) in [4.78, 5) is 0. The Morgan fingerprint density at radius 1 is 1.33 bits per heavy atom. The van der Waals surface area contributed by atoms with Gasteiger partial charge < -0.3 is 9.84 Å². The van der Waals surface area contributed by atoms with Gasteiger partial charge in [-0.15, -0.1) is 0 Å². The summed E-state index contributed by atoms with van der Waals surface area (Å²) in [5, 5.41) is 17.1. The molecule has 2 unspecified atom stereocenters. The second kappa shape index (κ2) is 4.46. The Labute approximate surface area is 106 Å². The molecular weight excluding hydrogens is 228 g/mol. The van der Waals surface area contributed by atoms with Gasteiger partial charge in [-0.05, 0) is 36.5 Å². The van der Waals surface area contributed by atoms with Crippen LogP contribution in [0, 0.1) is 0 Å². The molecule has 2 atom stereocenters. The van der Waals surface area contributed by atoms with Crippen molar-refractivity contribution in [2.24, 2.45) is 0 Å². The van der Waals surface area contributed by atoms with Gasteiger partial charge in [0, 0.05) is 11.3 Å². The maximum Gasteiger partial charge on any atom is 0.118 e. The van der Waals surface area contributed by atoms with Crippen molar-refractivity contribution in [3.63, 3.8) is 0 Å². The summed E-state index contributed by atoms with van der Waals surface area (Å²) in [6.45, 7) is 0. The van der Waals surface area contributed by atoms with Gasteiger partial charge in [0.2, 0.25) is 0 Å². The summed E-state index contributed by atoms with van der Waals surface area (Å²) in [6, 6.07) is 8.06. The number of H-pyrrole nitrogens is 1. The first-order chi connectivity index (χ1) is 8.78. The number of hydrogen-bond donors (Lipinski definition) is 2. The Kier molecular flexibility index (Phi) is 2.80. The zero-order valence-corrected chi connectivity index (χ0v) is 10.3. The smallest absolute Gasteiger partial charge is 0.118 e. The molecule has 1 aliphatic rings. The molecular formula is C14H16N2O2. The zero-order valence-electron chi connectivity index (χ0n) is 10.3. The molecule has 1 aliphatic carbocycles. The predicted molar refractivity (Wildman–Crippen MR) is 67.6 cm³/mol. The molecule has 0 radical (unpaired) electrons. The van der Waals surface area contributed by atoms with E-state index in [1.54, 1.807) is 13.3 Å². The number of hydrogen-bond acceptors (Lipinski definition) is 3. The largest absolute Gasteiger partial charge is 0.497 e. The van der Waals surface area contributed by atoms with E-state index < -0.39 is 6.10 Å². The summed E-state index contributed by atoms with van der Waals surface area (Å²) in [7, 11) is 1.66. The number of aromatic amines is 1. The molecule has 0 amide bonds. The lowest BCUT2D eigenvalue weighted by Crippen LogP contribution is -2.16. The van der Waals surface area contributed by atoms with Crippen LogP contribution in [0.4, 0.5) is 0 Å². The van der Waals surface area contributed by atoms with Crippen LogP contribution in [0.5, 0.6) is 5.75 Å². The van der Waals surface area contributed by atoms with E-state index in [-0.39, 0.29) is 0 Å². The number of nitrogens with zero attached hydrogens (tertiary/aromatic N) is 1. The van der Waals surface area contributed by atoms with Gasteiger partial charge in [-0.1, -0.05) is 12.1 Å². The predicted octanol–water partition coefficient (Wildman–Crippen LogP) is 2.18. The molecule has 3 rings (SSSR count). The van der Waals surface area contributed by atoms with Crippen LogP contribution in [0.25, 0.3) is 0 Å². The molecule has 18 heavy (non-hydrogen) atoms. The zero-order chi connectivity index (χ0) is 12.5. The topological polar surface area (TPSA) is 58.1 Å². The van der Waals surface area contributed by atoms with Crippen LogP contribution in [0.1, 0.15) is 35.3 Å². The molecule has 0 spiro atoms. The Balaban J connectivity index is 1.86. The molecule has 0 aliphatic heterocycles. The van der Waals surface area contributed by atoms with E-state index in [9.17, 15) is 5.11 Å². The van der Waals surface area contributed by atoms with Crippen molar-refractivity contribution in [3.8, 4) is 5.75 Å². The van der Waals surface area contributed by atoms with Gasteiger partial charge in [-0.25, -0.2) is 0 Å². The van der Waals surface area contributed by atoms with Gasteiger partial charge in [0.25, 0.3) is 0 Å². The molecule has 1 heterocycles. The number of rotatable bonds is 2. The maximum absolute atomic E-state index is 10.1. The van der Waals surface area contributed by atoms with E-state index in [0.29, 0.717) is 5.92 Å². The van der Waals surface area contributed by atoms with Gasteiger partial charge in [-0.3, -0.25) is 5.10 Å². The molecule has 2 N–H and O–H groups in total. The van der Waals surface area contributed by atoms with E-state index in [1.807, 2.05) is 12.1 Å². The molecule has 4 nitrogen and oxygen atoms in total. The fourth-order valence-corrected chi connectivity index (χ4v) is 2.63. The number of ether oxygens (including phenoxy) is 1. The summed E-state index contributed by atoms with van der Waals surface area (Å²) >= 11 is 0. The van der Waals surface area contributed by atoms with Crippen LogP contribution in [0.15, 0.2) is 30.5 Å². The fourth-order valence-electron chi connectivity index (χ4n) is 2.63. The molecule has 1 aromatic heterocycles. The second-order valence-electron chi connectivity index (χ2n) is 4.73. The number of aliphatic hydroxyl groups excluding tert-OH is 1. The Hall–Kier alpha value is -1.81. The van der Waals surface area contributed by atoms with E-state index in [2.05, 4.69) is 22.3 Å². The lowest BCUT2D eigenvalue weighted by atomic mass is 9.82. The highest BCUT2D eigenvalue weighted by atomic mass is 16.5. The highest BCUT2D eigenvalue weighted by Gasteiger charge is 2.27. The summed E-state index contributed by atoms with van der Waals surface area (Å²) < 4.78 is 5.16. The van der Waals surface area contributed by atoms with E-state index in [1.165, 1.54) is 5.56 Å². The van der Waals surface area contributed by atoms with Gasteiger partial charge >= 0.3 is 0 Å². The number of nitrogens with one attached hydrogen (secondary N) is 1. The van der Waals surface area contributed by atoms with Crippen LogP contribution in [-0.4, -0.2) is 22.4 Å². The Bertz CT molecular complexity index is 533. The van der Waals surface area contributed by atoms with Crippen molar-refractivity contribution >= 4 is 0 Å². The highest BCUT2D eigenvalue weighted by Crippen LogP contribution is 2.37. The minimum atomic E-state index is -0.417. The first-order valence-corrected chi connectivity index (χ1v) is 6.12. The normalized spacial score (nSPS) is 22.6. The van der Waals surface area contributed by atoms with Gasteiger partial charge in [0.05, 0.1) is 19.4 Å². The minimum Gasteiger partial charge on any atom is -0.497 e. The van der Waals surface area contributed by atoms with Crippen molar-refractivity contribution in [3.05, 3.63) is 47.3 Å². The molecule has 0 fully saturated rings. The van der Waals surface area contributed by atoms with Gasteiger partial charge in [0.15, 0.2) is 0 Å². The van der Waals surface area contributed by atoms with E-state index >= 15 is 0 Å². The summed E-state index contributed by atoms with van der Waals surface area (Å²) in [5.74, 6) is 1.19. The number of methoxy groups -OCH3 is 1. The van der Waals surface area contributed by atoms with Crippen molar-refractivity contribution in [2.75, 3.05) is 7.11 Å². The van der Waals surface area contributed by atoms with Crippen LogP contribution < -0.4 is 4.74 Å². The second-order valence-corrected chi connectivity index (χ2v) is 4.73. The molecule has 94 valence electrons. The van der Waals surface area contributed by atoms with E-state index in [4.69, 9.17) is 4.74 Å². The Morgan fingerprint density at radius 3 is 2.83 bits per heavy atom. The van der Waals surface area contributed by atoms with Crippen LogP contribution in [0.2, 0.25) is 0 Å². The number of aliphatic hydroxyl groups is 1. The van der Waals surface area contributed by atoms with Gasteiger partial charge in [-0.2, -0.15) is 5.10 Å². The van der Waals surface area contributed by atoms with Crippen molar-refractivity contribution < 1.29 is 9.84 Å². The van der Waals surface area contributed by atoms with Crippen LogP contribution in [-0.2, 0) is 6.42 Å². The first-order valence-electron chi connectivity index (χ1n) is 6.12. The molecule has 2 aromatic rings. The monoisotopic (exact) mass is 244 g/mol. The quantitative estimate of drug-likeness (QED) is 0.851. The van der Waals surface area contributed by atoms with Crippen molar-refractivity contribution in [1.29, 1.82) is 0 Å². The molecule has 0 saturated carbocycles. The Morgan fingerprint density at radius 2 is 2.11 bits per heavy atom. The SMILES string of the molecule is COc1ccc(C2Cc3[nH]ncc3C(O)C2)cc1. The third-order valence-electron chi connectivity index (χ3n) is 3.66. The molecule has 4 heteroatoms. The maximum atomic E-state index is 10.1. The third-order valence-corrected chi connectivity index (χ3v) is 3.66. The van der Waals surface area contributed by atoms with Gasteiger partial charge in [0.1, 0.15) is 5.75 Å². The lowest BCUT2D eigenvalue weighted by Gasteiger charge is -2.26. The van der Waals surface area contributed by atoms with Crippen LogP contribution >= 0.6 is 0 Å². The van der Waals surface area contributed by atoms with Crippen molar-refractivity contribution in [1.82, 2.24) is 10.2 Å². The molecule has 0 bridgehead atoms. The number of aromatic nitrogens is 2. The van der Waals surface area contributed by atoms with Crippen LogP contribution in [0.3, 0.4) is 0 Å². The number of benzene rings is 1. The third kappa shape index (κ3) is 1.88. The highest BCUT2D eigenvalue weighted by molar-refractivity contribution is 5.33. The summed E-state index contributed by atoms with van der Waals surface area (Å²) in [5.41, 5.74) is 3.23. The molecule has 0 saturated heterocycles. The van der Waals surface area contributed by atoms with Crippen molar-refractivity contribution in [2.45, 2.75) is 24.9 Å². The average Bonchev–Trinajstić information content (AvgIpc) is 2.88. The summed E-state index contributed by atoms with van der Waals surface area (Å²) in [6.07, 6.45) is 2.96. The standard InChI is InChI=1S/C14H16N2O2/c1-18-11-4-2-9(3-5-11)10-6-13-12(8-15-16-13)14(17)7-10/h2-5,8,10,14,17H,6-7H2,1H3,(H,15,16). The average molecular weight is 244 g/mol. The molecule has 1 aromatic carbocycles. The minimum absolute atomic E-state index is 0.332. The number of fused-ring (bicyclic) bond motifs is 1.